The maximum atomic E-state index is 13.1. The van der Waals surface area contributed by atoms with Crippen LogP contribution in [0.25, 0.3) is 11.5 Å². The number of anilines is 2. The van der Waals surface area contributed by atoms with E-state index in [1.54, 1.807) is 6.92 Å². The minimum Gasteiger partial charge on any atom is -0.411 e. The highest BCUT2D eigenvalue weighted by Crippen LogP contribution is 2.38. The van der Waals surface area contributed by atoms with Gasteiger partial charge in [0.1, 0.15) is 6.54 Å². The number of aryl methyl sites for hydroxylation is 2. The fourth-order valence-corrected chi connectivity index (χ4v) is 4.30. The van der Waals surface area contributed by atoms with Crippen molar-refractivity contribution >= 4 is 35.0 Å². The van der Waals surface area contributed by atoms with Crippen molar-refractivity contribution < 1.29 is 27.2 Å². The van der Waals surface area contributed by atoms with E-state index in [0.29, 0.717) is 5.89 Å². The first-order valence-electron chi connectivity index (χ1n) is 9.92. The number of hydrogen-bond acceptors (Lipinski definition) is 6. The summed E-state index contributed by atoms with van der Waals surface area (Å²) in [4.78, 5) is 26.3. The quantitative estimate of drug-likeness (QED) is 0.543. The molecule has 2 heterocycles. The van der Waals surface area contributed by atoms with Crippen LogP contribution in [0.5, 0.6) is 0 Å². The van der Waals surface area contributed by atoms with Crippen molar-refractivity contribution in [3.8, 4) is 11.5 Å². The highest BCUT2D eigenvalue weighted by atomic mass is 32.2. The number of aromatic nitrogens is 2. The summed E-state index contributed by atoms with van der Waals surface area (Å²) in [5.74, 6) is -0.740. The van der Waals surface area contributed by atoms with E-state index in [0.717, 1.165) is 45.5 Å². The molecule has 4 rings (SSSR count). The molecule has 1 aliphatic rings. The number of carbonyl (C=O) groups excluding carboxylic acids is 2. The van der Waals surface area contributed by atoms with Crippen molar-refractivity contribution in [3.05, 3.63) is 53.1 Å². The van der Waals surface area contributed by atoms with Gasteiger partial charge in [0.15, 0.2) is 0 Å². The van der Waals surface area contributed by atoms with Gasteiger partial charge in [-0.3, -0.25) is 14.5 Å². The number of fused-ring (bicyclic) bond motifs is 1. The van der Waals surface area contributed by atoms with Crippen molar-refractivity contribution in [2.45, 2.75) is 37.4 Å². The summed E-state index contributed by atoms with van der Waals surface area (Å²) >= 11 is 1.01. The molecule has 0 saturated carbocycles. The van der Waals surface area contributed by atoms with E-state index in [1.807, 2.05) is 32.0 Å². The van der Waals surface area contributed by atoms with E-state index >= 15 is 0 Å². The molecule has 1 N–H and O–H groups in total. The number of carbonyl (C=O) groups is 2. The Bertz CT molecular complexity index is 1220. The molecule has 0 saturated heterocycles. The van der Waals surface area contributed by atoms with Gasteiger partial charge >= 0.3 is 6.18 Å². The third-order valence-electron chi connectivity index (χ3n) is 4.96. The fraction of sp³-hybridized carbons (Fsp3) is 0.273. The van der Waals surface area contributed by atoms with Crippen molar-refractivity contribution in [3.63, 3.8) is 0 Å². The Kier molecular flexibility index (Phi) is 5.91. The SMILES string of the molecule is Cc1cc(C)cc(-c2nnc(SC(C)C(=O)N3CC(=O)Nc4cc(C(F)(F)F)ccc43)o2)c1. The number of thioether (sulfide) groups is 1. The van der Waals surface area contributed by atoms with Crippen molar-refractivity contribution in [1.82, 2.24) is 10.2 Å². The zero-order valence-corrected chi connectivity index (χ0v) is 18.7. The first-order chi connectivity index (χ1) is 15.5. The van der Waals surface area contributed by atoms with Crippen LogP contribution in [0.4, 0.5) is 24.5 Å². The number of hydrogen-bond donors (Lipinski definition) is 1. The third-order valence-corrected chi connectivity index (χ3v) is 5.88. The molecule has 0 radical (unpaired) electrons. The molecule has 11 heteroatoms. The number of nitrogens with zero attached hydrogens (tertiary/aromatic N) is 3. The molecule has 1 unspecified atom stereocenters. The largest absolute Gasteiger partial charge is 0.416 e. The van der Waals surface area contributed by atoms with Crippen LogP contribution in [-0.4, -0.2) is 33.8 Å². The monoisotopic (exact) mass is 476 g/mol. The van der Waals surface area contributed by atoms with E-state index in [9.17, 15) is 22.8 Å². The van der Waals surface area contributed by atoms with Crippen LogP contribution in [0.2, 0.25) is 0 Å². The molecule has 0 aliphatic carbocycles. The number of nitrogens with one attached hydrogen (secondary N) is 1. The van der Waals surface area contributed by atoms with Crippen LogP contribution in [0.3, 0.4) is 0 Å². The third kappa shape index (κ3) is 4.87. The van der Waals surface area contributed by atoms with Crippen molar-refractivity contribution in [1.29, 1.82) is 0 Å². The van der Waals surface area contributed by atoms with Crippen LogP contribution in [0.1, 0.15) is 23.6 Å². The molecule has 2 aromatic carbocycles. The van der Waals surface area contributed by atoms with Crippen LogP contribution < -0.4 is 10.2 Å². The van der Waals surface area contributed by atoms with Crippen molar-refractivity contribution in [2.24, 2.45) is 0 Å². The molecular formula is C22H19F3N4O3S. The predicted molar refractivity (Wildman–Crippen MR) is 117 cm³/mol. The van der Waals surface area contributed by atoms with E-state index in [1.165, 1.54) is 6.07 Å². The van der Waals surface area contributed by atoms with Gasteiger partial charge in [0, 0.05) is 5.56 Å². The highest BCUT2D eigenvalue weighted by molar-refractivity contribution is 8.00. The summed E-state index contributed by atoms with van der Waals surface area (Å²) in [5, 5.41) is 9.85. The zero-order valence-electron chi connectivity index (χ0n) is 17.9. The fourth-order valence-electron chi connectivity index (χ4n) is 3.56. The van der Waals surface area contributed by atoms with Gasteiger partial charge in [-0.1, -0.05) is 29.0 Å². The summed E-state index contributed by atoms with van der Waals surface area (Å²) < 4.78 is 44.8. The highest BCUT2D eigenvalue weighted by Gasteiger charge is 2.35. The Hall–Kier alpha value is -3.34. The molecule has 1 aliphatic heterocycles. The van der Waals surface area contributed by atoms with E-state index in [2.05, 4.69) is 15.5 Å². The topological polar surface area (TPSA) is 88.3 Å². The molecule has 3 aromatic rings. The molecule has 1 atom stereocenters. The predicted octanol–water partition coefficient (Wildman–Crippen LogP) is 4.84. The lowest BCUT2D eigenvalue weighted by Gasteiger charge is -2.31. The lowest BCUT2D eigenvalue weighted by molar-refractivity contribution is -0.137. The average Bonchev–Trinajstić information content (AvgIpc) is 3.19. The summed E-state index contributed by atoms with van der Waals surface area (Å²) in [5.41, 5.74) is 2.05. The van der Waals surface area contributed by atoms with E-state index < -0.39 is 28.8 Å². The molecule has 0 fully saturated rings. The van der Waals surface area contributed by atoms with E-state index in [4.69, 9.17) is 4.42 Å². The average molecular weight is 476 g/mol. The lowest BCUT2D eigenvalue weighted by Crippen LogP contribution is -2.45. The number of alkyl halides is 3. The minimum absolute atomic E-state index is 0.0680. The first kappa shape index (κ1) is 22.8. The van der Waals surface area contributed by atoms with Crippen LogP contribution in [0, 0.1) is 13.8 Å². The van der Waals surface area contributed by atoms with Gasteiger partial charge in [-0.15, -0.1) is 10.2 Å². The molecular weight excluding hydrogens is 457 g/mol. The Morgan fingerprint density at radius 3 is 2.52 bits per heavy atom. The number of benzene rings is 2. The second kappa shape index (κ2) is 8.54. The minimum atomic E-state index is -4.57. The molecule has 7 nitrogen and oxygen atoms in total. The lowest BCUT2D eigenvalue weighted by atomic mass is 10.1. The molecule has 0 spiro atoms. The van der Waals surface area contributed by atoms with Gasteiger partial charge in [-0.05, 0) is 51.1 Å². The molecule has 172 valence electrons. The maximum absolute atomic E-state index is 13.1. The van der Waals surface area contributed by atoms with Gasteiger partial charge < -0.3 is 9.73 Å². The normalized spacial score (nSPS) is 14.6. The smallest absolute Gasteiger partial charge is 0.411 e. The Morgan fingerprint density at radius 1 is 1.15 bits per heavy atom. The Labute approximate surface area is 191 Å². The second-order valence-electron chi connectivity index (χ2n) is 7.71. The first-order valence-corrected chi connectivity index (χ1v) is 10.8. The number of halogens is 3. The summed E-state index contributed by atoms with van der Waals surface area (Å²) in [7, 11) is 0. The summed E-state index contributed by atoms with van der Waals surface area (Å²) in [6.45, 7) is 5.20. The Balaban J connectivity index is 1.53. The molecule has 33 heavy (non-hydrogen) atoms. The summed E-state index contributed by atoms with van der Waals surface area (Å²) in [6, 6.07) is 8.70. The van der Waals surface area contributed by atoms with Gasteiger partial charge in [0.25, 0.3) is 5.22 Å². The van der Waals surface area contributed by atoms with Crippen molar-refractivity contribution in [2.75, 3.05) is 16.8 Å². The zero-order chi connectivity index (χ0) is 23.9. The number of amides is 2. The van der Waals surface area contributed by atoms with Crippen LogP contribution in [-0.2, 0) is 15.8 Å². The van der Waals surface area contributed by atoms with Gasteiger partial charge in [0.05, 0.1) is 22.2 Å². The Morgan fingerprint density at radius 2 is 1.85 bits per heavy atom. The summed E-state index contributed by atoms with van der Waals surface area (Å²) in [6.07, 6.45) is -4.57. The molecule has 0 bridgehead atoms. The van der Waals surface area contributed by atoms with E-state index in [-0.39, 0.29) is 23.1 Å². The second-order valence-corrected chi connectivity index (χ2v) is 9.00. The van der Waals surface area contributed by atoms with Gasteiger partial charge in [-0.2, -0.15) is 13.2 Å². The van der Waals surface area contributed by atoms with Crippen LogP contribution in [0.15, 0.2) is 46.0 Å². The van der Waals surface area contributed by atoms with Gasteiger partial charge in [-0.25, -0.2) is 0 Å². The number of rotatable bonds is 4. The molecule has 1 aromatic heterocycles. The van der Waals surface area contributed by atoms with Gasteiger partial charge in [0.2, 0.25) is 17.7 Å². The van der Waals surface area contributed by atoms with Crippen LogP contribution >= 0.6 is 11.8 Å². The standard InChI is InChI=1S/C22H19F3N4O3S/c1-11-6-12(2)8-14(7-11)19-27-28-21(32-19)33-13(3)20(31)29-10-18(30)26-16-9-15(22(23,24)25)4-5-17(16)29/h4-9,13H,10H2,1-3H3,(H,26,30). The maximum Gasteiger partial charge on any atom is 0.416 e. The molecule has 2 amide bonds.